The molecule has 0 radical (unpaired) electrons. The van der Waals surface area contributed by atoms with Crippen molar-refractivity contribution in [3.8, 4) is 12.1 Å². The predicted octanol–water partition coefficient (Wildman–Crippen LogP) is 8.73. The molecular formula is C41H47F6N3O3. The van der Waals surface area contributed by atoms with Gasteiger partial charge in [-0.05, 0) is 137 Å². The standard InChI is InChI=1S/C14H19F2NO.C14H15F2NO.C13H13F2NO/c2*1-18-11-4-6-14(9-17,7-5-11)12-8-10(15)2-3-13(12)16;14-9-1-2-12(15)11(7-9)13(8-16)5-3-10(17)4-6-13/h2-3,8,11H,4-7,9,17H2,1H3;2-3,8,11H,4-7H2,1H3;1-2,7,10,17H,3-6H2. The van der Waals surface area contributed by atoms with E-state index in [-0.39, 0.29) is 29.2 Å². The van der Waals surface area contributed by atoms with Crippen LogP contribution in [0.2, 0.25) is 0 Å². The van der Waals surface area contributed by atoms with E-state index in [1.165, 1.54) is 12.1 Å². The Morgan fingerprint density at radius 1 is 0.604 bits per heavy atom. The highest BCUT2D eigenvalue weighted by Crippen LogP contribution is 2.43. The fraction of sp³-hybridized carbons (Fsp3) is 0.512. The number of hydrogen-bond acceptors (Lipinski definition) is 6. The average Bonchev–Trinajstić information content (AvgIpc) is 3.18. The normalized spacial score (nSPS) is 28.3. The molecule has 6 rings (SSSR count). The Bertz CT molecular complexity index is 1750. The van der Waals surface area contributed by atoms with Gasteiger partial charge in [0.2, 0.25) is 0 Å². The van der Waals surface area contributed by atoms with E-state index >= 15 is 0 Å². The zero-order valence-corrected chi connectivity index (χ0v) is 30.1. The van der Waals surface area contributed by atoms with Gasteiger partial charge in [0.25, 0.3) is 0 Å². The summed E-state index contributed by atoms with van der Waals surface area (Å²) in [6.45, 7) is 0.337. The van der Waals surface area contributed by atoms with E-state index in [1.54, 1.807) is 14.2 Å². The lowest BCUT2D eigenvalue weighted by Gasteiger charge is -2.39. The largest absolute Gasteiger partial charge is 0.393 e. The van der Waals surface area contributed by atoms with Gasteiger partial charge in [0, 0.05) is 37.3 Å². The summed E-state index contributed by atoms with van der Waals surface area (Å²) in [4.78, 5) is 0. The van der Waals surface area contributed by atoms with Crippen molar-refractivity contribution >= 4 is 0 Å². The van der Waals surface area contributed by atoms with E-state index in [9.17, 15) is 42.0 Å². The van der Waals surface area contributed by atoms with Crippen LogP contribution in [0.4, 0.5) is 26.3 Å². The van der Waals surface area contributed by atoms with Crippen LogP contribution in [0, 0.1) is 57.6 Å². The second kappa shape index (κ2) is 18.4. The minimum atomic E-state index is -0.995. The molecule has 286 valence electrons. The number of aliphatic hydroxyl groups excluding tert-OH is 1. The maximum Gasteiger partial charge on any atom is 0.128 e. The molecular weight excluding hydrogens is 696 g/mol. The van der Waals surface area contributed by atoms with Crippen LogP contribution >= 0.6 is 0 Å². The summed E-state index contributed by atoms with van der Waals surface area (Å²) in [6, 6.07) is 14.4. The summed E-state index contributed by atoms with van der Waals surface area (Å²) >= 11 is 0. The quantitative estimate of drug-likeness (QED) is 0.245. The van der Waals surface area contributed by atoms with Crippen LogP contribution in [-0.4, -0.2) is 44.2 Å². The van der Waals surface area contributed by atoms with E-state index in [1.807, 2.05) is 0 Å². The highest BCUT2D eigenvalue weighted by Gasteiger charge is 2.41. The van der Waals surface area contributed by atoms with E-state index in [0.717, 1.165) is 68.1 Å². The van der Waals surface area contributed by atoms with Crippen molar-refractivity contribution in [3.05, 3.63) is 106 Å². The van der Waals surface area contributed by atoms with Crippen molar-refractivity contribution in [3.63, 3.8) is 0 Å². The second-order valence-electron chi connectivity index (χ2n) is 14.3. The second-order valence-corrected chi connectivity index (χ2v) is 14.3. The molecule has 0 unspecified atom stereocenters. The number of rotatable bonds is 6. The van der Waals surface area contributed by atoms with Crippen molar-refractivity contribution in [2.75, 3.05) is 20.8 Å². The van der Waals surface area contributed by atoms with E-state index in [4.69, 9.17) is 15.2 Å². The number of methoxy groups -OCH3 is 2. The van der Waals surface area contributed by atoms with Gasteiger partial charge in [0.15, 0.2) is 0 Å². The average molecular weight is 744 g/mol. The minimum Gasteiger partial charge on any atom is -0.393 e. The topological polar surface area (TPSA) is 112 Å². The van der Waals surface area contributed by atoms with Gasteiger partial charge < -0.3 is 20.3 Å². The number of nitrogens with zero attached hydrogens (tertiary/aromatic N) is 2. The monoisotopic (exact) mass is 743 g/mol. The van der Waals surface area contributed by atoms with Crippen molar-refractivity contribution in [2.24, 2.45) is 5.73 Å². The molecule has 3 fully saturated rings. The maximum absolute atomic E-state index is 13.9. The van der Waals surface area contributed by atoms with Crippen LogP contribution in [0.25, 0.3) is 0 Å². The van der Waals surface area contributed by atoms with Crippen LogP contribution in [0.5, 0.6) is 0 Å². The molecule has 0 heterocycles. The first-order valence-corrected chi connectivity index (χ1v) is 17.9. The van der Waals surface area contributed by atoms with Gasteiger partial charge in [-0.3, -0.25) is 0 Å². The lowest BCUT2D eigenvalue weighted by Crippen LogP contribution is -2.41. The summed E-state index contributed by atoms with van der Waals surface area (Å²) in [5.74, 6) is -2.87. The predicted molar refractivity (Wildman–Crippen MR) is 187 cm³/mol. The smallest absolute Gasteiger partial charge is 0.128 e. The lowest BCUT2D eigenvalue weighted by molar-refractivity contribution is 0.0490. The SMILES string of the molecule is COC1CCC(C#N)(c2cc(F)ccc2F)CC1.COC1CCC(CN)(c2cc(F)ccc2F)CC1.N#CC1(c2cc(F)ccc2F)CCC(O)CC1. The highest BCUT2D eigenvalue weighted by molar-refractivity contribution is 5.36. The van der Waals surface area contributed by atoms with Crippen LogP contribution in [0.1, 0.15) is 93.7 Å². The van der Waals surface area contributed by atoms with Crippen molar-refractivity contribution in [1.82, 2.24) is 0 Å². The number of nitriles is 2. The zero-order chi connectivity index (χ0) is 38.8. The summed E-state index contributed by atoms with van der Waals surface area (Å²) in [5.41, 5.74) is 4.21. The molecule has 3 saturated carbocycles. The molecule has 3 N–H and O–H groups in total. The Morgan fingerprint density at radius 3 is 1.30 bits per heavy atom. The van der Waals surface area contributed by atoms with Gasteiger partial charge in [-0.2, -0.15) is 10.5 Å². The molecule has 0 atom stereocenters. The van der Waals surface area contributed by atoms with Gasteiger partial charge in [0.05, 0.1) is 41.3 Å². The molecule has 0 saturated heterocycles. The highest BCUT2D eigenvalue weighted by atomic mass is 19.1. The third kappa shape index (κ3) is 9.79. The molecule has 0 aliphatic heterocycles. The molecule has 0 spiro atoms. The Kier molecular flexibility index (Phi) is 14.5. The molecule has 3 aliphatic rings. The summed E-state index contributed by atoms with van der Waals surface area (Å²) < 4.78 is 91.7. The number of aliphatic hydroxyl groups is 1. The van der Waals surface area contributed by atoms with Crippen molar-refractivity contribution in [1.29, 1.82) is 10.5 Å². The molecule has 53 heavy (non-hydrogen) atoms. The fourth-order valence-electron chi connectivity index (χ4n) is 7.89. The molecule has 0 amide bonds. The minimum absolute atomic E-state index is 0.114. The Labute approximate surface area is 307 Å². The molecule has 0 bridgehead atoms. The van der Waals surface area contributed by atoms with E-state index < -0.39 is 51.4 Å². The summed E-state index contributed by atoms with van der Waals surface area (Å²) in [7, 11) is 3.32. The van der Waals surface area contributed by atoms with Gasteiger partial charge in [-0.15, -0.1) is 0 Å². The Balaban J connectivity index is 0.000000178. The van der Waals surface area contributed by atoms with E-state index in [0.29, 0.717) is 63.5 Å². The van der Waals surface area contributed by atoms with Crippen LogP contribution < -0.4 is 5.73 Å². The van der Waals surface area contributed by atoms with Gasteiger partial charge in [-0.1, -0.05) is 0 Å². The van der Waals surface area contributed by atoms with E-state index in [2.05, 4.69) is 12.1 Å². The first-order valence-electron chi connectivity index (χ1n) is 17.9. The lowest BCUT2D eigenvalue weighted by atomic mass is 9.68. The van der Waals surface area contributed by atoms with Crippen LogP contribution in [0.3, 0.4) is 0 Å². The Morgan fingerprint density at radius 2 is 0.943 bits per heavy atom. The third-order valence-electron chi connectivity index (χ3n) is 11.4. The molecule has 3 aromatic rings. The van der Waals surface area contributed by atoms with Crippen LogP contribution in [-0.2, 0) is 25.7 Å². The summed E-state index contributed by atoms with van der Waals surface area (Å²) in [5, 5.41) is 28.1. The molecule has 3 aliphatic carbocycles. The first-order chi connectivity index (χ1) is 25.3. The first kappa shape index (κ1) is 41.8. The fourth-order valence-corrected chi connectivity index (χ4v) is 7.89. The van der Waals surface area contributed by atoms with Gasteiger partial charge in [-0.25, -0.2) is 26.3 Å². The number of nitrogens with two attached hydrogens (primary N) is 1. The number of ether oxygens (including phenoxy) is 2. The zero-order valence-electron chi connectivity index (χ0n) is 30.1. The van der Waals surface area contributed by atoms with Crippen molar-refractivity contribution in [2.45, 2.75) is 112 Å². The molecule has 0 aromatic heterocycles. The number of benzene rings is 3. The maximum atomic E-state index is 13.9. The van der Waals surface area contributed by atoms with Crippen LogP contribution in [0.15, 0.2) is 54.6 Å². The Hall–Kier alpha value is -3.94. The number of halogens is 6. The van der Waals surface area contributed by atoms with Gasteiger partial charge >= 0.3 is 0 Å². The molecule has 6 nitrogen and oxygen atoms in total. The number of hydrogen-bond donors (Lipinski definition) is 2. The molecule has 3 aromatic carbocycles. The summed E-state index contributed by atoms with van der Waals surface area (Å²) in [6.07, 6.45) is 7.06. The van der Waals surface area contributed by atoms with Gasteiger partial charge in [0.1, 0.15) is 34.9 Å². The third-order valence-corrected chi connectivity index (χ3v) is 11.4. The molecule has 12 heteroatoms. The van der Waals surface area contributed by atoms with Crippen molar-refractivity contribution < 1.29 is 40.9 Å².